The zero-order valence-electron chi connectivity index (χ0n) is 29.9. The van der Waals surface area contributed by atoms with Crippen LogP contribution in [0, 0.1) is 19.7 Å². The molecule has 0 unspecified atom stereocenters. The first-order chi connectivity index (χ1) is 26.5. The smallest absolute Gasteiger partial charge is 0.137 e. The van der Waals surface area contributed by atoms with Crippen LogP contribution >= 0.6 is 0 Å². The lowest BCUT2D eigenvalue weighted by Crippen LogP contribution is -2.28. The molecule has 3 heteroatoms. The van der Waals surface area contributed by atoms with Crippen molar-refractivity contribution < 1.29 is 8.81 Å². The fourth-order valence-electron chi connectivity index (χ4n) is 9.37. The van der Waals surface area contributed by atoms with Crippen molar-refractivity contribution >= 4 is 39.0 Å². The maximum atomic E-state index is 15.7. The van der Waals surface area contributed by atoms with Gasteiger partial charge in [-0.3, -0.25) is 0 Å². The van der Waals surface area contributed by atoms with Crippen molar-refractivity contribution in [2.75, 3.05) is 4.90 Å². The van der Waals surface area contributed by atoms with Gasteiger partial charge in [0.1, 0.15) is 17.0 Å². The molecule has 54 heavy (non-hydrogen) atoms. The Morgan fingerprint density at radius 2 is 1.07 bits per heavy atom. The minimum Gasteiger partial charge on any atom is -0.456 e. The van der Waals surface area contributed by atoms with Crippen molar-refractivity contribution in [3.63, 3.8) is 0 Å². The van der Waals surface area contributed by atoms with Crippen LogP contribution < -0.4 is 4.90 Å². The van der Waals surface area contributed by atoms with E-state index >= 15 is 4.39 Å². The van der Waals surface area contributed by atoms with Crippen molar-refractivity contribution in [3.05, 3.63) is 209 Å². The molecule has 1 spiro atoms. The van der Waals surface area contributed by atoms with E-state index in [1.165, 1.54) is 38.9 Å². The first kappa shape index (κ1) is 30.9. The number of hydrogen-bond donors (Lipinski definition) is 0. The second-order valence-corrected chi connectivity index (χ2v) is 14.8. The third-order valence-corrected chi connectivity index (χ3v) is 11.6. The summed E-state index contributed by atoms with van der Waals surface area (Å²) in [5, 5.41) is 2.18. The number of furan rings is 1. The SMILES string of the molecule is Cc1ccc2c(c1)C1(c3cc(C)ccc3-2)c2cc(F)ccc2-c2cccc(N(c3ccc(-c4ccccc4)cc3)c3ccc4c(c3)oc3ccccc34)c21. The summed E-state index contributed by atoms with van der Waals surface area (Å²) in [4.78, 5) is 2.37. The Balaban J connectivity index is 1.24. The molecule has 1 aromatic heterocycles. The number of nitrogens with zero attached hydrogens (tertiary/aromatic N) is 1. The molecule has 0 radical (unpaired) electrons. The minimum absolute atomic E-state index is 0.235. The number of hydrogen-bond acceptors (Lipinski definition) is 2. The van der Waals surface area contributed by atoms with Crippen molar-refractivity contribution in [3.8, 4) is 33.4 Å². The molecule has 11 rings (SSSR count). The highest BCUT2D eigenvalue weighted by molar-refractivity contribution is 6.07. The van der Waals surface area contributed by atoms with Gasteiger partial charge < -0.3 is 9.32 Å². The Morgan fingerprint density at radius 3 is 1.83 bits per heavy atom. The normalized spacial score (nSPS) is 13.2. The molecule has 1 heterocycles. The average molecular weight is 696 g/mol. The van der Waals surface area contributed by atoms with E-state index in [0.717, 1.165) is 66.8 Å². The van der Waals surface area contributed by atoms with Crippen LogP contribution in [0.2, 0.25) is 0 Å². The van der Waals surface area contributed by atoms with Crippen molar-refractivity contribution in [2.24, 2.45) is 0 Å². The monoisotopic (exact) mass is 695 g/mol. The highest BCUT2D eigenvalue weighted by Gasteiger charge is 2.53. The van der Waals surface area contributed by atoms with Crippen LogP contribution in [-0.4, -0.2) is 0 Å². The predicted molar refractivity (Wildman–Crippen MR) is 220 cm³/mol. The Bertz CT molecular complexity index is 2900. The molecule has 0 aliphatic heterocycles. The summed E-state index contributed by atoms with van der Waals surface area (Å²) >= 11 is 0. The van der Waals surface area contributed by atoms with Crippen LogP contribution in [0.15, 0.2) is 174 Å². The molecule has 2 aliphatic rings. The van der Waals surface area contributed by atoms with E-state index in [1.54, 1.807) is 12.1 Å². The summed E-state index contributed by atoms with van der Waals surface area (Å²) in [5.74, 6) is -0.235. The summed E-state index contributed by atoms with van der Waals surface area (Å²) in [6, 6.07) is 59.6. The summed E-state index contributed by atoms with van der Waals surface area (Å²) in [6.45, 7) is 4.30. The van der Waals surface area contributed by atoms with Crippen molar-refractivity contribution in [1.82, 2.24) is 0 Å². The van der Waals surface area contributed by atoms with Crippen LogP contribution in [-0.2, 0) is 5.41 Å². The first-order valence-electron chi connectivity index (χ1n) is 18.5. The molecule has 0 fully saturated rings. The zero-order chi connectivity index (χ0) is 36.1. The zero-order valence-corrected chi connectivity index (χ0v) is 29.9. The van der Waals surface area contributed by atoms with E-state index in [1.807, 2.05) is 24.3 Å². The molecule has 0 atom stereocenters. The maximum Gasteiger partial charge on any atom is 0.137 e. The lowest BCUT2D eigenvalue weighted by Gasteiger charge is -2.36. The van der Waals surface area contributed by atoms with E-state index in [-0.39, 0.29) is 5.82 Å². The van der Waals surface area contributed by atoms with Gasteiger partial charge in [-0.25, -0.2) is 4.39 Å². The summed E-state index contributed by atoms with van der Waals surface area (Å²) in [6.07, 6.45) is 0. The van der Waals surface area contributed by atoms with E-state index in [0.29, 0.717) is 0 Å². The molecule has 0 saturated carbocycles. The number of benzene rings is 8. The second-order valence-electron chi connectivity index (χ2n) is 14.8. The third kappa shape index (κ3) is 4.27. The van der Waals surface area contributed by atoms with E-state index in [9.17, 15) is 0 Å². The van der Waals surface area contributed by atoms with Gasteiger partial charge in [0.25, 0.3) is 0 Å². The van der Waals surface area contributed by atoms with Gasteiger partial charge in [0.2, 0.25) is 0 Å². The predicted octanol–water partition coefficient (Wildman–Crippen LogP) is 13.8. The Hall–Kier alpha value is -6.71. The van der Waals surface area contributed by atoms with Gasteiger partial charge in [-0.05, 0) is 112 Å². The van der Waals surface area contributed by atoms with E-state index in [4.69, 9.17) is 4.42 Å². The molecule has 2 nitrogen and oxygen atoms in total. The Morgan fingerprint density at radius 1 is 0.463 bits per heavy atom. The van der Waals surface area contributed by atoms with Gasteiger partial charge in [-0.2, -0.15) is 0 Å². The van der Waals surface area contributed by atoms with Crippen LogP contribution in [0.3, 0.4) is 0 Å². The Labute approximate surface area is 313 Å². The number of aryl methyl sites for hydroxylation is 2. The number of fused-ring (bicyclic) bond motifs is 13. The molecule has 8 aromatic carbocycles. The molecule has 256 valence electrons. The van der Waals surface area contributed by atoms with Crippen molar-refractivity contribution in [2.45, 2.75) is 19.3 Å². The van der Waals surface area contributed by atoms with E-state index in [2.05, 4.69) is 152 Å². The molecule has 0 N–H and O–H groups in total. The lowest BCUT2D eigenvalue weighted by molar-refractivity contribution is 0.622. The highest BCUT2D eigenvalue weighted by atomic mass is 19.1. The fourth-order valence-corrected chi connectivity index (χ4v) is 9.37. The van der Waals surface area contributed by atoms with Gasteiger partial charge in [0.15, 0.2) is 0 Å². The number of para-hydroxylation sites is 1. The summed E-state index contributed by atoms with van der Waals surface area (Å²) in [7, 11) is 0. The Kier molecular flexibility index (Phi) is 6.51. The van der Waals surface area contributed by atoms with E-state index < -0.39 is 5.41 Å². The number of anilines is 3. The van der Waals surface area contributed by atoms with Gasteiger partial charge in [-0.15, -0.1) is 0 Å². The first-order valence-corrected chi connectivity index (χ1v) is 18.5. The highest BCUT2D eigenvalue weighted by Crippen LogP contribution is 2.65. The largest absolute Gasteiger partial charge is 0.456 e. The summed E-state index contributed by atoms with van der Waals surface area (Å²) < 4.78 is 22.2. The molecule has 0 saturated heterocycles. The standard InChI is InChI=1S/C51H34FNO/c1-31-15-23-38-39-24-16-32(2)28-45(39)51(44(38)27-31)46-29-35(52)19-25-40(46)43-12-8-13-47(50(43)51)53(36-20-17-34(18-21-36)33-9-4-3-5-10-33)37-22-26-42-41-11-6-7-14-48(41)54-49(42)30-37/h3-30H,1-2H3. The molecular weight excluding hydrogens is 662 g/mol. The quantitative estimate of drug-likeness (QED) is 0.182. The average Bonchev–Trinajstić information content (AvgIpc) is 3.81. The fraction of sp³-hybridized carbons (Fsp3) is 0.0588. The second kappa shape index (κ2) is 11.4. The third-order valence-electron chi connectivity index (χ3n) is 11.6. The van der Waals surface area contributed by atoms with Crippen LogP contribution in [0.1, 0.15) is 33.4 Å². The minimum atomic E-state index is -0.752. The van der Waals surface area contributed by atoms with Crippen LogP contribution in [0.25, 0.3) is 55.3 Å². The molecule has 9 aromatic rings. The maximum absolute atomic E-state index is 15.7. The van der Waals surface area contributed by atoms with Crippen LogP contribution in [0.5, 0.6) is 0 Å². The number of halogens is 1. The van der Waals surface area contributed by atoms with Crippen molar-refractivity contribution in [1.29, 1.82) is 0 Å². The molecular formula is C51H34FNO. The lowest BCUT2D eigenvalue weighted by atomic mass is 9.69. The summed E-state index contributed by atoms with van der Waals surface area (Å²) in [5.41, 5.74) is 17.7. The number of rotatable bonds is 4. The van der Waals surface area contributed by atoms with Gasteiger partial charge in [-0.1, -0.05) is 126 Å². The topological polar surface area (TPSA) is 16.4 Å². The van der Waals surface area contributed by atoms with Gasteiger partial charge >= 0.3 is 0 Å². The van der Waals surface area contributed by atoms with Gasteiger partial charge in [0.05, 0.1) is 11.1 Å². The van der Waals surface area contributed by atoms with Gasteiger partial charge in [0, 0.05) is 33.8 Å². The van der Waals surface area contributed by atoms with Crippen LogP contribution in [0.4, 0.5) is 21.5 Å². The molecule has 2 aliphatic carbocycles. The molecule has 0 bridgehead atoms. The molecule has 0 amide bonds.